The van der Waals surface area contributed by atoms with E-state index in [1.54, 1.807) is 0 Å². The minimum Gasteiger partial charge on any atom is -0.454 e. The molecule has 3 aromatic heterocycles. The molecular weight excluding hydrogens is 775 g/mol. The van der Waals surface area contributed by atoms with Gasteiger partial charge in [-0.1, -0.05) is 153 Å². The number of amidine groups is 1. The van der Waals surface area contributed by atoms with E-state index >= 15 is 0 Å². The molecule has 0 N–H and O–H groups in total. The zero-order chi connectivity index (χ0) is 40.9. The number of hydrogen-bond acceptors (Lipinski definition) is 4. The molecule has 1 atom stereocenters. The van der Waals surface area contributed by atoms with E-state index < -0.39 is 0 Å². The molecule has 62 heavy (non-hydrogen) atoms. The van der Waals surface area contributed by atoms with E-state index in [4.69, 9.17) is 14.4 Å². The van der Waals surface area contributed by atoms with Crippen LogP contribution < -0.4 is 0 Å². The highest BCUT2D eigenvalue weighted by molar-refractivity contribution is 7.26. The minimum absolute atomic E-state index is 0.103. The molecule has 4 heterocycles. The Morgan fingerprint density at radius 3 is 2.10 bits per heavy atom. The fourth-order valence-corrected chi connectivity index (χ4v) is 11.1. The van der Waals surface area contributed by atoms with Crippen LogP contribution in [-0.4, -0.2) is 16.1 Å². The largest absolute Gasteiger partial charge is 0.454 e. The maximum atomic E-state index is 7.04. The molecule has 0 bridgehead atoms. The number of para-hydroxylation sites is 2. The Morgan fingerprint density at radius 2 is 1.21 bits per heavy atom. The average Bonchev–Trinajstić information content (AvgIpc) is 4.00. The van der Waals surface area contributed by atoms with Crippen LogP contribution in [0.3, 0.4) is 0 Å². The Morgan fingerprint density at radius 1 is 0.532 bits per heavy atom. The minimum atomic E-state index is 0.103. The first kappa shape index (κ1) is 35.2. The van der Waals surface area contributed by atoms with Crippen molar-refractivity contribution in [3.05, 3.63) is 205 Å². The molecule has 4 nitrogen and oxygen atoms in total. The third-order valence-electron chi connectivity index (χ3n) is 12.9. The van der Waals surface area contributed by atoms with Crippen molar-refractivity contribution in [1.82, 2.24) is 4.57 Å². The maximum Gasteiger partial charge on any atom is 0.160 e. The van der Waals surface area contributed by atoms with E-state index in [1.165, 1.54) is 52.5 Å². The van der Waals surface area contributed by atoms with Crippen LogP contribution in [0.2, 0.25) is 0 Å². The van der Waals surface area contributed by atoms with Gasteiger partial charge in [-0.05, 0) is 70.4 Å². The summed E-state index contributed by atoms with van der Waals surface area (Å²) in [7, 11) is 0. The summed E-state index contributed by atoms with van der Waals surface area (Å²) >= 11 is 1.84. The normalized spacial score (nSPS) is 15.8. The van der Waals surface area contributed by atoms with Crippen LogP contribution in [0.4, 0.5) is 0 Å². The van der Waals surface area contributed by atoms with E-state index in [0.29, 0.717) is 5.84 Å². The molecule has 13 rings (SSSR count). The molecule has 0 aliphatic carbocycles. The van der Waals surface area contributed by atoms with Crippen LogP contribution in [0, 0.1) is 5.92 Å². The highest BCUT2D eigenvalue weighted by Crippen LogP contribution is 2.43. The summed E-state index contributed by atoms with van der Waals surface area (Å²) in [5.41, 5.74) is 10.0. The highest BCUT2D eigenvalue weighted by atomic mass is 32.1. The number of nitrogens with zero attached hydrogens (tertiary/aromatic N) is 3. The third-order valence-corrected chi connectivity index (χ3v) is 14.1. The van der Waals surface area contributed by atoms with Crippen molar-refractivity contribution in [3.63, 3.8) is 0 Å². The van der Waals surface area contributed by atoms with Crippen molar-refractivity contribution in [2.24, 2.45) is 15.9 Å². The predicted octanol–water partition coefficient (Wildman–Crippen LogP) is 15.7. The van der Waals surface area contributed by atoms with Crippen molar-refractivity contribution in [3.8, 4) is 5.69 Å². The topological polar surface area (TPSA) is 42.8 Å². The zero-order valence-electron chi connectivity index (χ0n) is 33.8. The molecule has 0 amide bonds. The molecule has 0 fully saturated rings. The number of aliphatic imine (C=N–C) groups is 2. The lowest BCUT2D eigenvalue weighted by molar-refractivity contribution is 0.666. The van der Waals surface area contributed by atoms with Crippen molar-refractivity contribution in [1.29, 1.82) is 0 Å². The van der Waals surface area contributed by atoms with Crippen LogP contribution in [-0.2, 0) is 0 Å². The summed E-state index contributed by atoms with van der Waals surface area (Å²) < 4.78 is 11.9. The SMILES string of the molecule is CC1C/C=C(\c2cccc3c2sc2ccccc23)N=C(c2ccc(-n3c4ccccc4c4cc5ccccc5cc43)c3oc4ccccc4c23)N=C1c1cccc2ccccc12. The lowest BCUT2D eigenvalue weighted by Gasteiger charge is -2.20. The van der Waals surface area contributed by atoms with Crippen LogP contribution >= 0.6 is 11.3 Å². The number of fused-ring (bicyclic) bond motifs is 11. The summed E-state index contributed by atoms with van der Waals surface area (Å²) in [5, 5.41) is 11.8. The summed E-state index contributed by atoms with van der Waals surface area (Å²) in [4.78, 5) is 11.4. The van der Waals surface area contributed by atoms with Gasteiger partial charge in [-0.3, -0.25) is 0 Å². The second kappa shape index (κ2) is 13.7. The number of allylic oxidation sites excluding steroid dienone is 1. The van der Waals surface area contributed by atoms with Gasteiger partial charge in [0.05, 0.1) is 28.1 Å². The molecule has 12 aromatic rings. The Balaban J connectivity index is 1.12. The lowest BCUT2D eigenvalue weighted by Crippen LogP contribution is -2.17. The quantitative estimate of drug-likeness (QED) is 0.175. The van der Waals surface area contributed by atoms with E-state index in [0.717, 1.165) is 73.2 Å². The molecule has 1 aliphatic heterocycles. The molecular formula is C57H37N3OS. The monoisotopic (exact) mass is 811 g/mol. The van der Waals surface area contributed by atoms with Gasteiger partial charge in [-0.2, -0.15) is 0 Å². The fourth-order valence-electron chi connectivity index (χ4n) is 9.91. The highest BCUT2D eigenvalue weighted by Gasteiger charge is 2.26. The molecule has 1 unspecified atom stereocenters. The number of furan rings is 1. The average molecular weight is 812 g/mol. The second-order valence-corrected chi connectivity index (χ2v) is 17.5. The molecule has 0 radical (unpaired) electrons. The van der Waals surface area contributed by atoms with Gasteiger partial charge in [0, 0.05) is 64.3 Å². The number of hydrogen-bond donors (Lipinski definition) is 0. The van der Waals surface area contributed by atoms with E-state index in [2.05, 4.69) is 200 Å². The molecule has 292 valence electrons. The number of benzene rings is 9. The standard InChI is InChI=1S/C57H37N3OS/c1-34-28-30-47(43-24-13-23-42-40-20-8-11-27-52(40)62-56(42)43)58-57(59-54(34)41-22-12-17-35-14-4-5-18-38(35)41)45-29-31-49(55-53(45)44-21-7-10-26-51(44)61-55)60-48-25-9-6-19-39(48)46-32-36-15-2-3-16-37(36)33-50(46)60/h2-27,29-34H,28H2,1H3/b47-30+,58-57?,59-54?. The number of aromatic nitrogens is 1. The van der Waals surface area contributed by atoms with Gasteiger partial charge in [0.25, 0.3) is 0 Å². The van der Waals surface area contributed by atoms with Crippen LogP contribution in [0.25, 0.3) is 96.8 Å². The summed E-state index contributed by atoms with van der Waals surface area (Å²) in [5.74, 6) is 0.770. The Labute approximate surface area is 361 Å². The first-order valence-electron chi connectivity index (χ1n) is 21.3. The number of rotatable bonds is 4. The van der Waals surface area contributed by atoms with Crippen molar-refractivity contribution >= 4 is 114 Å². The molecule has 0 saturated heterocycles. The van der Waals surface area contributed by atoms with Gasteiger partial charge in [0.1, 0.15) is 5.58 Å². The molecule has 0 spiro atoms. The first-order chi connectivity index (χ1) is 30.7. The Bertz CT molecular complexity index is 3930. The molecule has 9 aromatic carbocycles. The van der Waals surface area contributed by atoms with Crippen molar-refractivity contribution in [2.45, 2.75) is 13.3 Å². The molecule has 1 aliphatic rings. The van der Waals surface area contributed by atoms with Gasteiger partial charge in [-0.15, -0.1) is 11.3 Å². The van der Waals surface area contributed by atoms with Gasteiger partial charge >= 0.3 is 0 Å². The summed E-state index contributed by atoms with van der Waals surface area (Å²) in [6.07, 6.45) is 3.13. The second-order valence-electron chi connectivity index (χ2n) is 16.5. The summed E-state index contributed by atoms with van der Waals surface area (Å²) in [6.45, 7) is 2.30. The predicted molar refractivity (Wildman–Crippen MR) is 264 cm³/mol. The lowest BCUT2D eigenvalue weighted by atomic mass is 9.90. The van der Waals surface area contributed by atoms with Gasteiger partial charge in [0.2, 0.25) is 0 Å². The third kappa shape index (κ3) is 5.31. The zero-order valence-corrected chi connectivity index (χ0v) is 34.7. The van der Waals surface area contributed by atoms with Crippen molar-refractivity contribution < 1.29 is 4.42 Å². The van der Waals surface area contributed by atoms with Gasteiger partial charge in [-0.25, -0.2) is 9.98 Å². The van der Waals surface area contributed by atoms with Crippen molar-refractivity contribution in [2.75, 3.05) is 0 Å². The van der Waals surface area contributed by atoms with E-state index in [-0.39, 0.29) is 5.92 Å². The van der Waals surface area contributed by atoms with Gasteiger partial charge < -0.3 is 8.98 Å². The number of thiophene rings is 1. The Kier molecular flexibility index (Phi) is 7.78. The van der Waals surface area contributed by atoms with Crippen LogP contribution in [0.15, 0.2) is 202 Å². The van der Waals surface area contributed by atoms with Crippen LogP contribution in [0.1, 0.15) is 30.0 Å². The molecule has 0 saturated carbocycles. The fraction of sp³-hybridized carbons (Fsp3) is 0.0526. The maximum absolute atomic E-state index is 7.04. The molecule has 5 heteroatoms. The first-order valence-corrected chi connectivity index (χ1v) is 22.1. The van der Waals surface area contributed by atoms with E-state index in [9.17, 15) is 0 Å². The smallest absolute Gasteiger partial charge is 0.160 e. The Hall–Kier alpha value is -7.60. The van der Waals surface area contributed by atoms with Gasteiger partial charge in [0.15, 0.2) is 11.4 Å². The van der Waals surface area contributed by atoms with E-state index in [1.807, 2.05) is 11.3 Å². The van der Waals surface area contributed by atoms with Crippen LogP contribution in [0.5, 0.6) is 0 Å². The summed E-state index contributed by atoms with van der Waals surface area (Å²) in [6, 6.07) is 65.3.